The normalized spacial score (nSPS) is 10.3. The maximum Gasteiger partial charge on any atom is 0.248 e. The zero-order valence-corrected chi connectivity index (χ0v) is 11.6. The summed E-state index contributed by atoms with van der Waals surface area (Å²) in [5.74, 6) is 1.43. The highest BCUT2D eigenvalue weighted by atomic mass is 16.5. The van der Waals surface area contributed by atoms with Gasteiger partial charge in [-0.2, -0.15) is 4.68 Å². The predicted molar refractivity (Wildman–Crippen MR) is 79.5 cm³/mol. The lowest BCUT2D eigenvalue weighted by molar-refractivity contribution is 0.414. The maximum absolute atomic E-state index is 5.21. The smallest absolute Gasteiger partial charge is 0.248 e. The van der Waals surface area contributed by atoms with Gasteiger partial charge in [0.15, 0.2) is 0 Å². The van der Waals surface area contributed by atoms with Crippen molar-refractivity contribution in [2.75, 3.05) is 12.4 Å². The maximum atomic E-state index is 5.21. The lowest BCUT2D eigenvalue weighted by Gasteiger charge is -2.08. The van der Waals surface area contributed by atoms with Gasteiger partial charge in [-0.25, -0.2) is 0 Å². The molecule has 21 heavy (non-hydrogen) atoms. The molecular formula is C15H15N5O. The number of rotatable bonds is 5. The number of nitrogens with one attached hydrogen (secondary N) is 1. The highest BCUT2D eigenvalue weighted by molar-refractivity contribution is 5.39. The van der Waals surface area contributed by atoms with Crippen LogP contribution in [0.15, 0.2) is 54.6 Å². The molecule has 1 N–H and O–H groups in total. The molecule has 2 aromatic carbocycles. The molecule has 1 heterocycles. The summed E-state index contributed by atoms with van der Waals surface area (Å²) < 4.78 is 6.88. The lowest BCUT2D eigenvalue weighted by Crippen LogP contribution is -2.07. The largest absolute Gasteiger partial charge is 0.497 e. The Morgan fingerprint density at radius 2 is 1.95 bits per heavy atom. The van der Waals surface area contributed by atoms with Gasteiger partial charge in [-0.15, -0.1) is 0 Å². The molecule has 3 aromatic rings. The molecule has 0 aliphatic carbocycles. The monoisotopic (exact) mass is 281 g/mol. The molecule has 0 spiro atoms. The van der Waals surface area contributed by atoms with Crippen molar-refractivity contribution in [3.8, 4) is 11.4 Å². The van der Waals surface area contributed by atoms with E-state index < -0.39 is 0 Å². The number of anilines is 1. The van der Waals surface area contributed by atoms with E-state index in [0.717, 1.165) is 17.0 Å². The van der Waals surface area contributed by atoms with Crippen LogP contribution < -0.4 is 10.1 Å². The summed E-state index contributed by atoms with van der Waals surface area (Å²) in [6.07, 6.45) is 0. The third kappa shape index (κ3) is 3.00. The Hall–Kier alpha value is -2.89. The minimum Gasteiger partial charge on any atom is -0.497 e. The summed E-state index contributed by atoms with van der Waals surface area (Å²) in [6.45, 7) is 0.615. The van der Waals surface area contributed by atoms with E-state index >= 15 is 0 Å². The molecule has 0 bridgehead atoms. The van der Waals surface area contributed by atoms with Gasteiger partial charge in [-0.05, 0) is 40.3 Å². The minimum atomic E-state index is 0.601. The van der Waals surface area contributed by atoms with Crippen LogP contribution in [-0.2, 0) is 6.54 Å². The quantitative estimate of drug-likeness (QED) is 0.777. The fourth-order valence-corrected chi connectivity index (χ4v) is 2.00. The van der Waals surface area contributed by atoms with Crippen LogP contribution in [0.25, 0.3) is 5.69 Å². The van der Waals surface area contributed by atoms with E-state index in [-0.39, 0.29) is 0 Å². The number of aromatic nitrogens is 4. The van der Waals surface area contributed by atoms with Gasteiger partial charge in [0.25, 0.3) is 0 Å². The SMILES string of the molecule is COc1cccc(CNc2nnnn2-c2ccccc2)c1. The Kier molecular flexibility index (Phi) is 3.77. The van der Waals surface area contributed by atoms with Gasteiger partial charge in [-0.1, -0.05) is 35.4 Å². The molecule has 106 valence electrons. The highest BCUT2D eigenvalue weighted by Crippen LogP contribution is 2.15. The summed E-state index contributed by atoms with van der Waals surface area (Å²) in [7, 11) is 1.66. The molecule has 0 radical (unpaired) electrons. The summed E-state index contributed by atoms with van der Waals surface area (Å²) in [6, 6.07) is 17.6. The number of benzene rings is 2. The third-order valence-corrected chi connectivity index (χ3v) is 3.06. The van der Waals surface area contributed by atoms with Crippen molar-refractivity contribution in [2.24, 2.45) is 0 Å². The van der Waals surface area contributed by atoms with Gasteiger partial charge in [0.05, 0.1) is 12.8 Å². The lowest BCUT2D eigenvalue weighted by atomic mass is 10.2. The van der Waals surface area contributed by atoms with Crippen LogP contribution in [0.5, 0.6) is 5.75 Å². The van der Waals surface area contributed by atoms with Gasteiger partial charge < -0.3 is 10.1 Å². The Morgan fingerprint density at radius 3 is 2.76 bits per heavy atom. The molecule has 0 saturated heterocycles. The minimum absolute atomic E-state index is 0.601. The predicted octanol–water partition coefficient (Wildman–Crippen LogP) is 2.28. The Balaban J connectivity index is 1.76. The van der Waals surface area contributed by atoms with Gasteiger partial charge >= 0.3 is 0 Å². The van der Waals surface area contributed by atoms with E-state index in [0.29, 0.717) is 12.5 Å². The Labute approximate surface area is 122 Å². The van der Waals surface area contributed by atoms with Crippen LogP contribution >= 0.6 is 0 Å². The molecule has 6 heteroatoms. The van der Waals surface area contributed by atoms with E-state index in [1.807, 2.05) is 54.6 Å². The third-order valence-electron chi connectivity index (χ3n) is 3.06. The molecule has 0 aliphatic rings. The Morgan fingerprint density at radius 1 is 1.10 bits per heavy atom. The number of para-hydroxylation sites is 1. The van der Waals surface area contributed by atoms with Crippen molar-refractivity contribution in [3.63, 3.8) is 0 Å². The second kappa shape index (κ2) is 6.04. The van der Waals surface area contributed by atoms with E-state index in [2.05, 4.69) is 20.8 Å². The number of methoxy groups -OCH3 is 1. The van der Waals surface area contributed by atoms with Crippen molar-refractivity contribution in [1.82, 2.24) is 20.2 Å². The summed E-state index contributed by atoms with van der Waals surface area (Å²) in [5, 5.41) is 15.0. The van der Waals surface area contributed by atoms with Crippen molar-refractivity contribution >= 4 is 5.95 Å². The second-order valence-electron chi connectivity index (χ2n) is 4.45. The van der Waals surface area contributed by atoms with E-state index in [4.69, 9.17) is 4.74 Å². The van der Waals surface area contributed by atoms with Gasteiger partial charge in [-0.3, -0.25) is 0 Å². The first-order valence-corrected chi connectivity index (χ1v) is 6.57. The fourth-order valence-electron chi connectivity index (χ4n) is 2.00. The molecule has 3 rings (SSSR count). The number of ether oxygens (including phenoxy) is 1. The first kappa shape index (κ1) is 13.1. The number of tetrazole rings is 1. The van der Waals surface area contributed by atoms with Crippen molar-refractivity contribution in [2.45, 2.75) is 6.54 Å². The number of nitrogens with zero attached hydrogens (tertiary/aromatic N) is 4. The fraction of sp³-hybridized carbons (Fsp3) is 0.133. The topological polar surface area (TPSA) is 64.9 Å². The van der Waals surface area contributed by atoms with Crippen LogP contribution in [0, 0.1) is 0 Å². The van der Waals surface area contributed by atoms with Crippen LogP contribution in [0.2, 0.25) is 0 Å². The van der Waals surface area contributed by atoms with E-state index in [1.54, 1.807) is 11.8 Å². The van der Waals surface area contributed by atoms with Gasteiger partial charge in [0, 0.05) is 6.54 Å². The van der Waals surface area contributed by atoms with Crippen molar-refractivity contribution in [1.29, 1.82) is 0 Å². The first-order chi connectivity index (χ1) is 10.4. The highest BCUT2D eigenvalue weighted by Gasteiger charge is 2.07. The molecular weight excluding hydrogens is 266 g/mol. The van der Waals surface area contributed by atoms with Crippen LogP contribution in [0.3, 0.4) is 0 Å². The average Bonchev–Trinajstić information content (AvgIpc) is 3.02. The van der Waals surface area contributed by atoms with E-state index in [1.165, 1.54) is 0 Å². The summed E-state index contributed by atoms with van der Waals surface area (Å²) in [4.78, 5) is 0. The Bertz CT molecular complexity index is 711. The molecule has 0 atom stereocenters. The summed E-state index contributed by atoms with van der Waals surface area (Å²) >= 11 is 0. The van der Waals surface area contributed by atoms with Crippen LogP contribution in [0.4, 0.5) is 5.95 Å². The van der Waals surface area contributed by atoms with Crippen LogP contribution in [-0.4, -0.2) is 27.3 Å². The standard InChI is InChI=1S/C15H15N5O/c1-21-14-9-5-6-12(10-14)11-16-15-17-18-19-20(15)13-7-3-2-4-8-13/h2-10H,11H2,1H3,(H,16,17,19). The van der Waals surface area contributed by atoms with Crippen LogP contribution in [0.1, 0.15) is 5.56 Å². The molecule has 0 aliphatic heterocycles. The zero-order valence-electron chi connectivity index (χ0n) is 11.6. The average molecular weight is 281 g/mol. The molecule has 6 nitrogen and oxygen atoms in total. The van der Waals surface area contributed by atoms with E-state index in [9.17, 15) is 0 Å². The second-order valence-corrected chi connectivity index (χ2v) is 4.45. The first-order valence-electron chi connectivity index (χ1n) is 6.57. The van der Waals surface area contributed by atoms with Gasteiger partial charge in [0.2, 0.25) is 5.95 Å². The zero-order chi connectivity index (χ0) is 14.5. The number of hydrogen-bond donors (Lipinski definition) is 1. The number of hydrogen-bond acceptors (Lipinski definition) is 5. The van der Waals surface area contributed by atoms with Crippen molar-refractivity contribution in [3.05, 3.63) is 60.2 Å². The molecule has 0 fully saturated rings. The molecule has 0 saturated carbocycles. The molecule has 0 unspecified atom stereocenters. The molecule has 0 amide bonds. The summed E-state index contributed by atoms with van der Waals surface area (Å²) in [5.41, 5.74) is 2.01. The molecule has 1 aromatic heterocycles. The van der Waals surface area contributed by atoms with Gasteiger partial charge in [0.1, 0.15) is 5.75 Å². The van der Waals surface area contributed by atoms with Crippen molar-refractivity contribution < 1.29 is 4.74 Å².